The van der Waals surface area contributed by atoms with E-state index in [9.17, 15) is 13.6 Å². The van der Waals surface area contributed by atoms with Crippen LogP contribution in [-0.2, 0) is 6.54 Å². The number of fused-ring (bicyclic) bond motifs is 3. The van der Waals surface area contributed by atoms with Crippen molar-refractivity contribution in [1.82, 2.24) is 19.8 Å². The van der Waals surface area contributed by atoms with Gasteiger partial charge in [-0.25, -0.2) is 18.6 Å². The maximum Gasteiger partial charge on any atom is 0.330 e. The average molecular weight is 618 g/mol. The quantitative estimate of drug-likeness (QED) is 0.369. The number of urea groups is 1. The largest absolute Gasteiger partial charge is 0.488 e. The van der Waals surface area contributed by atoms with E-state index >= 15 is 0 Å². The van der Waals surface area contributed by atoms with E-state index in [-0.39, 0.29) is 41.2 Å². The van der Waals surface area contributed by atoms with Crippen molar-refractivity contribution in [3.8, 4) is 11.5 Å². The number of carbonyl (C=O) groups excluding carboxylic acids is 1. The van der Waals surface area contributed by atoms with Gasteiger partial charge in [0, 0.05) is 68.2 Å². The van der Waals surface area contributed by atoms with Gasteiger partial charge in [0.05, 0.1) is 17.8 Å². The van der Waals surface area contributed by atoms with E-state index in [4.69, 9.17) is 21.1 Å². The van der Waals surface area contributed by atoms with Gasteiger partial charge in [0.15, 0.2) is 11.5 Å². The second-order valence-electron chi connectivity index (χ2n) is 10.2. The van der Waals surface area contributed by atoms with Gasteiger partial charge in [-0.15, -0.1) is 11.3 Å². The summed E-state index contributed by atoms with van der Waals surface area (Å²) in [5.74, 6) is 1.87. The predicted molar refractivity (Wildman–Crippen MR) is 159 cm³/mol. The Hall–Kier alpha value is -3.52. The molecule has 0 spiro atoms. The van der Waals surface area contributed by atoms with E-state index in [1.165, 1.54) is 15.2 Å². The van der Waals surface area contributed by atoms with Crippen molar-refractivity contribution < 1.29 is 23.0 Å². The smallest absolute Gasteiger partial charge is 0.330 e. The number of hydrogen-bond acceptors (Lipinski definition) is 9. The summed E-state index contributed by atoms with van der Waals surface area (Å²) in [5, 5.41) is 4.46. The molecule has 222 valence electrons. The van der Waals surface area contributed by atoms with Crippen molar-refractivity contribution >= 4 is 52.1 Å². The Morgan fingerprint density at radius 3 is 2.83 bits per heavy atom. The summed E-state index contributed by atoms with van der Waals surface area (Å²) >= 11 is 7.26. The molecular formula is C28H30ClF2N7O3S. The standard InChI is InChI=1S/C28H30ClF2N7O3S/c1-35-7-9-36(10-8-35)11-13-41-21-5-4-19-14-22(21)40-12-3-2-6-37-26-18(15-32-27(33-19)34-26)16-38(28(37)39)23-20(25(30)31)17-42-24(23)29/h2-5,14-15,17,25H,6-13,16H2,1H3,(H,32,33,34)/b3-2-. The molecule has 1 saturated heterocycles. The average Bonchev–Trinajstić information content (AvgIpc) is 3.37. The summed E-state index contributed by atoms with van der Waals surface area (Å²) in [4.78, 5) is 30.1. The van der Waals surface area contributed by atoms with E-state index < -0.39 is 12.5 Å². The molecule has 0 atom stereocenters. The van der Waals surface area contributed by atoms with Gasteiger partial charge in [0.25, 0.3) is 6.43 Å². The molecule has 42 heavy (non-hydrogen) atoms. The zero-order chi connectivity index (χ0) is 29.2. The first-order valence-corrected chi connectivity index (χ1v) is 14.9. The number of nitrogens with one attached hydrogen (secondary N) is 1. The Balaban J connectivity index is 1.23. The van der Waals surface area contributed by atoms with Crippen molar-refractivity contribution in [2.45, 2.75) is 13.0 Å². The molecule has 6 rings (SSSR count). The summed E-state index contributed by atoms with van der Waals surface area (Å²) in [6.07, 6.45) is 2.39. The molecule has 3 aromatic rings. The normalized spacial score (nSPS) is 18.5. The van der Waals surface area contributed by atoms with E-state index in [1.54, 1.807) is 18.3 Å². The lowest BCUT2D eigenvalue weighted by molar-refractivity contribution is 0.132. The third-order valence-corrected chi connectivity index (χ3v) is 8.61. The van der Waals surface area contributed by atoms with Crippen LogP contribution in [0.5, 0.6) is 11.5 Å². The van der Waals surface area contributed by atoms with Gasteiger partial charge in [-0.3, -0.25) is 14.7 Å². The Labute approximate surface area is 251 Å². The lowest BCUT2D eigenvalue weighted by atomic mass is 10.1. The number of rotatable bonds is 6. The Morgan fingerprint density at radius 2 is 2.02 bits per heavy atom. The highest BCUT2D eigenvalue weighted by molar-refractivity contribution is 7.15. The number of aromatic nitrogens is 2. The summed E-state index contributed by atoms with van der Waals surface area (Å²) in [6.45, 7) is 5.87. The molecule has 4 bridgehead atoms. The van der Waals surface area contributed by atoms with Crippen LogP contribution in [0.1, 0.15) is 17.6 Å². The third kappa shape index (κ3) is 6.00. The van der Waals surface area contributed by atoms with Crippen LogP contribution in [0, 0.1) is 0 Å². The van der Waals surface area contributed by atoms with Crippen LogP contribution in [-0.4, -0.2) is 85.3 Å². The summed E-state index contributed by atoms with van der Waals surface area (Å²) in [6, 6.07) is 5.02. The number of alkyl halides is 2. The van der Waals surface area contributed by atoms with Crippen LogP contribution in [0.4, 0.5) is 36.7 Å². The molecule has 5 heterocycles. The van der Waals surface area contributed by atoms with Gasteiger partial charge >= 0.3 is 6.03 Å². The van der Waals surface area contributed by atoms with Gasteiger partial charge in [-0.1, -0.05) is 17.7 Å². The second-order valence-corrected chi connectivity index (χ2v) is 11.7. The molecule has 0 aliphatic carbocycles. The molecule has 2 aromatic heterocycles. The van der Waals surface area contributed by atoms with Gasteiger partial charge in [-0.2, -0.15) is 4.98 Å². The molecule has 3 aliphatic rings. The lowest BCUT2D eigenvalue weighted by Gasteiger charge is -2.36. The Bertz CT molecular complexity index is 1480. The maximum absolute atomic E-state index is 13.8. The van der Waals surface area contributed by atoms with Crippen LogP contribution in [0.3, 0.4) is 0 Å². The number of likely N-dealkylation sites (N-methyl/N-ethyl adjacent to an activating group) is 1. The summed E-state index contributed by atoms with van der Waals surface area (Å²) < 4.78 is 39.8. The fourth-order valence-corrected chi connectivity index (χ4v) is 6.19. The number of benzene rings is 1. The van der Waals surface area contributed by atoms with E-state index in [2.05, 4.69) is 32.1 Å². The number of thiophene rings is 1. The first-order chi connectivity index (χ1) is 20.4. The highest BCUT2D eigenvalue weighted by atomic mass is 35.5. The number of anilines is 4. The monoisotopic (exact) mass is 617 g/mol. The van der Waals surface area contributed by atoms with Gasteiger partial charge in [-0.05, 0) is 25.3 Å². The number of amides is 2. The molecule has 1 fully saturated rings. The number of piperazine rings is 1. The highest BCUT2D eigenvalue weighted by Gasteiger charge is 2.36. The van der Waals surface area contributed by atoms with Gasteiger partial charge in [0.2, 0.25) is 5.95 Å². The van der Waals surface area contributed by atoms with E-state index in [0.717, 1.165) is 44.1 Å². The maximum atomic E-state index is 13.8. The summed E-state index contributed by atoms with van der Waals surface area (Å²) in [5.41, 5.74) is 1.02. The van der Waals surface area contributed by atoms with Gasteiger partial charge < -0.3 is 19.7 Å². The van der Waals surface area contributed by atoms with Crippen LogP contribution >= 0.6 is 22.9 Å². The fraction of sp³-hybridized carbons (Fsp3) is 0.393. The molecule has 14 heteroatoms. The molecule has 0 saturated carbocycles. The Kier molecular flexibility index (Phi) is 8.43. The minimum atomic E-state index is -2.77. The molecule has 1 aromatic carbocycles. The molecular weight excluding hydrogens is 588 g/mol. The number of hydrogen-bond donors (Lipinski definition) is 1. The number of carbonyl (C=O) groups is 1. The first kappa shape index (κ1) is 28.6. The molecule has 2 amide bonds. The zero-order valence-corrected chi connectivity index (χ0v) is 24.5. The lowest BCUT2D eigenvalue weighted by Crippen LogP contribution is -2.48. The first-order valence-electron chi connectivity index (χ1n) is 13.6. The van der Waals surface area contributed by atoms with Gasteiger partial charge in [0.1, 0.15) is 23.4 Å². The number of halogens is 3. The second kappa shape index (κ2) is 12.4. The van der Waals surface area contributed by atoms with Crippen molar-refractivity contribution in [3.05, 3.63) is 57.4 Å². The van der Waals surface area contributed by atoms with E-state index in [1.807, 2.05) is 18.2 Å². The fourth-order valence-electron chi connectivity index (χ4n) is 5.06. The molecule has 1 N–H and O–H groups in total. The van der Waals surface area contributed by atoms with Crippen LogP contribution < -0.4 is 24.6 Å². The predicted octanol–water partition coefficient (Wildman–Crippen LogP) is 5.39. The SMILES string of the molecule is CN1CCN(CCOc2ccc3cc2OC/C=C\CN2C(=O)N(c4c(C(F)F)csc4Cl)Cc4cnc(nc42)N3)CC1. The molecule has 0 radical (unpaired) electrons. The minimum Gasteiger partial charge on any atom is -0.488 e. The molecule has 10 nitrogen and oxygen atoms in total. The topological polar surface area (TPSA) is 86.3 Å². The van der Waals surface area contributed by atoms with Crippen LogP contribution in [0.25, 0.3) is 0 Å². The molecule has 0 unspecified atom stereocenters. The summed E-state index contributed by atoms with van der Waals surface area (Å²) in [7, 11) is 2.13. The van der Waals surface area contributed by atoms with Crippen molar-refractivity contribution in [3.63, 3.8) is 0 Å². The Morgan fingerprint density at radius 1 is 1.19 bits per heavy atom. The minimum absolute atomic E-state index is 0.0122. The van der Waals surface area contributed by atoms with Crippen LogP contribution in [0.2, 0.25) is 4.34 Å². The van der Waals surface area contributed by atoms with E-state index in [0.29, 0.717) is 35.2 Å². The zero-order valence-electron chi connectivity index (χ0n) is 22.9. The highest BCUT2D eigenvalue weighted by Crippen LogP contribution is 2.44. The van der Waals surface area contributed by atoms with Crippen LogP contribution in [0.15, 0.2) is 41.9 Å². The number of ether oxygens (including phenoxy) is 2. The molecule has 3 aliphatic heterocycles. The van der Waals surface area contributed by atoms with Crippen molar-refractivity contribution in [1.29, 1.82) is 0 Å². The van der Waals surface area contributed by atoms with Crippen molar-refractivity contribution in [2.24, 2.45) is 0 Å². The third-order valence-electron chi connectivity index (χ3n) is 7.39. The van der Waals surface area contributed by atoms with Crippen molar-refractivity contribution in [2.75, 3.05) is 74.6 Å². The number of nitrogens with zero attached hydrogens (tertiary/aromatic N) is 6.